The van der Waals surface area contributed by atoms with Crippen LogP contribution in [0.25, 0.3) is 0 Å². The Morgan fingerprint density at radius 1 is 0.525 bits per heavy atom. The highest BCUT2D eigenvalue weighted by Gasteiger charge is 2.23. The number of rotatable bonds is 41. The number of ether oxygens (including phenoxy) is 1. The van der Waals surface area contributed by atoms with Crippen molar-refractivity contribution in [3.63, 3.8) is 0 Å². The van der Waals surface area contributed by atoms with Crippen LogP contribution < -0.4 is 5.32 Å². The highest BCUT2D eigenvalue weighted by molar-refractivity contribution is 5.78. The van der Waals surface area contributed by atoms with Gasteiger partial charge in [0.2, 0.25) is 5.91 Å². The van der Waals surface area contributed by atoms with Crippen LogP contribution in [0, 0.1) is 0 Å². The zero-order chi connectivity index (χ0) is 43.1. The average Bonchev–Trinajstić information content (AvgIpc) is 3.23. The van der Waals surface area contributed by atoms with Crippen LogP contribution in [0.4, 0.5) is 0 Å². The molecule has 0 rings (SSSR count). The lowest BCUT2D eigenvalue weighted by Crippen LogP contribution is -2.46. The quantitative estimate of drug-likeness (QED) is 0.0324. The molecule has 0 radical (unpaired) electrons. The van der Waals surface area contributed by atoms with Crippen LogP contribution >= 0.6 is 0 Å². The monoisotopic (exact) mass is 820 g/mol. The minimum absolute atomic E-state index is 0.0558. The van der Waals surface area contributed by atoms with Crippen LogP contribution in [0.3, 0.4) is 0 Å². The third-order valence-electron chi connectivity index (χ3n) is 10.2. The van der Waals surface area contributed by atoms with Gasteiger partial charge in [-0.2, -0.15) is 0 Å². The average molecular weight is 820 g/mol. The van der Waals surface area contributed by atoms with Gasteiger partial charge in [-0.05, 0) is 83.1 Å². The Labute approximate surface area is 363 Å². The zero-order valence-electron chi connectivity index (χ0n) is 38.1. The van der Waals surface area contributed by atoms with Crippen LogP contribution in [-0.4, -0.2) is 46.9 Å². The van der Waals surface area contributed by atoms with Gasteiger partial charge >= 0.3 is 5.97 Å². The van der Waals surface area contributed by atoms with Gasteiger partial charge in [-0.1, -0.05) is 202 Å². The molecule has 0 spiro atoms. The topological polar surface area (TPSA) is 95.9 Å². The van der Waals surface area contributed by atoms with E-state index in [1.807, 2.05) is 6.08 Å². The van der Waals surface area contributed by atoms with Crippen molar-refractivity contribution in [2.24, 2.45) is 0 Å². The summed E-state index contributed by atoms with van der Waals surface area (Å²) in [5.74, 6) is -0.650. The van der Waals surface area contributed by atoms with Gasteiger partial charge < -0.3 is 20.3 Å². The number of carbonyl (C=O) groups is 2. The molecule has 3 atom stereocenters. The number of amides is 1. The first-order valence-corrected chi connectivity index (χ1v) is 24.0. The summed E-state index contributed by atoms with van der Waals surface area (Å²) < 4.78 is 5.80. The van der Waals surface area contributed by atoms with E-state index in [4.69, 9.17) is 4.74 Å². The largest absolute Gasteiger partial charge is 0.458 e. The van der Waals surface area contributed by atoms with Crippen molar-refractivity contribution >= 4 is 11.9 Å². The molecular formula is C53H89NO5. The van der Waals surface area contributed by atoms with Gasteiger partial charge in [0.1, 0.15) is 6.10 Å². The van der Waals surface area contributed by atoms with Crippen molar-refractivity contribution in [2.45, 2.75) is 219 Å². The van der Waals surface area contributed by atoms with Crippen molar-refractivity contribution in [1.29, 1.82) is 0 Å². The Kier molecular flexibility index (Phi) is 43.4. The standard InChI is InChI=1S/C53H89NO5/c1-4-7-10-13-16-19-21-23-25-26-27-28-30-33-35-38-41-44-49(59-53(58)46-43-40-37-34-31-29-24-22-20-17-14-11-8-5-2)47-52(57)54-50(48-55)51(56)45-42-39-36-32-18-15-12-9-6-3/h7-8,10-11,16-17,19-20,23,25,27-28,33,35,41,44,49-51,55-56H,4-6,9,12-15,18,21-22,24,26,29-32,34,36-40,42-43,45-48H2,1-3H3,(H,54,57)/b10-7-,11-8+,19-16-,20-17+,25-23-,28-27-,35-33-,44-41-. The van der Waals surface area contributed by atoms with Crippen molar-refractivity contribution in [2.75, 3.05) is 6.61 Å². The Balaban J connectivity index is 4.82. The molecular weight excluding hydrogens is 731 g/mol. The van der Waals surface area contributed by atoms with Crippen molar-refractivity contribution in [1.82, 2.24) is 5.32 Å². The molecule has 0 aromatic rings. The predicted octanol–water partition coefficient (Wildman–Crippen LogP) is 14.2. The van der Waals surface area contributed by atoms with Gasteiger partial charge in [-0.3, -0.25) is 9.59 Å². The molecule has 0 aliphatic carbocycles. The number of hydrogen-bond donors (Lipinski definition) is 3. The van der Waals surface area contributed by atoms with E-state index in [0.29, 0.717) is 19.3 Å². The third kappa shape index (κ3) is 41.3. The van der Waals surface area contributed by atoms with Crippen molar-refractivity contribution < 1.29 is 24.5 Å². The first kappa shape index (κ1) is 55.8. The molecule has 0 heterocycles. The summed E-state index contributed by atoms with van der Waals surface area (Å²) in [5, 5.41) is 23.6. The van der Waals surface area contributed by atoms with E-state index < -0.39 is 18.2 Å². The summed E-state index contributed by atoms with van der Waals surface area (Å²) >= 11 is 0. The van der Waals surface area contributed by atoms with Gasteiger partial charge in [0.15, 0.2) is 0 Å². The first-order chi connectivity index (χ1) is 29.0. The minimum atomic E-state index is -0.824. The Morgan fingerprint density at radius 3 is 1.44 bits per heavy atom. The fourth-order valence-electron chi connectivity index (χ4n) is 6.58. The lowest BCUT2D eigenvalue weighted by Gasteiger charge is -2.23. The SMILES string of the molecule is CC/C=C\C/C=C\C/C=C\C/C=C\C/C=C\C/C=C\C(CC(=O)NC(CO)C(O)CCCCCCCCCCC)OC(=O)CCCCCCCCC/C=C/C/C=C/CC. The molecule has 3 N–H and O–H groups in total. The number of hydrogen-bond acceptors (Lipinski definition) is 5. The van der Waals surface area contributed by atoms with Gasteiger partial charge in [0, 0.05) is 6.42 Å². The van der Waals surface area contributed by atoms with Crippen molar-refractivity contribution in [3.8, 4) is 0 Å². The third-order valence-corrected chi connectivity index (χ3v) is 10.2. The molecule has 0 fully saturated rings. The number of carbonyl (C=O) groups excluding carboxylic acids is 2. The van der Waals surface area contributed by atoms with Crippen LogP contribution in [0.2, 0.25) is 0 Å². The molecule has 6 nitrogen and oxygen atoms in total. The molecule has 0 aromatic heterocycles. The molecule has 0 saturated heterocycles. The van der Waals surface area contributed by atoms with E-state index in [1.165, 1.54) is 64.2 Å². The summed E-state index contributed by atoms with van der Waals surface area (Å²) in [4.78, 5) is 26.0. The number of aliphatic hydroxyl groups is 2. The number of unbranched alkanes of at least 4 members (excludes halogenated alkanes) is 15. The smallest absolute Gasteiger partial charge is 0.306 e. The number of allylic oxidation sites excluding steroid dienone is 15. The van der Waals surface area contributed by atoms with Crippen LogP contribution in [0.1, 0.15) is 201 Å². The lowest BCUT2D eigenvalue weighted by atomic mass is 10.0. The van der Waals surface area contributed by atoms with Crippen LogP contribution in [0.15, 0.2) is 97.2 Å². The van der Waals surface area contributed by atoms with Crippen LogP contribution in [-0.2, 0) is 14.3 Å². The molecule has 0 saturated carbocycles. The summed E-state index contributed by atoms with van der Waals surface area (Å²) in [6.07, 6.45) is 60.7. The molecule has 0 aliphatic heterocycles. The Bertz CT molecular complexity index is 1190. The summed E-state index contributed by atoms with van der Waals surface area (Å²) in [6, 6.07) is -0.748. The predicted molar refractivity (Wildman–Crippen MR) is 254 cm³/mol. The van der Waals surface area contributed by atoms with E-state index in [0.717, 1.165) is 89.9 Å². The van der Waals surface area contributed by atoms with E-state index in [9.17, 15) is 19.8 Å². The Hall–Kier alpha value is -3.22. The normalized spacial score (nSPS) is 14.2. The molecule has 0 aliphatic rings. The molecule has 59 heavy (non-hydrogen) atoms. The van der Waals surface area contributed by atoms with Gasteiger partial charge in [0.05, 0.1) is 25.2 Å². The second-order valence-electron chi connectivity index (χ2n) is 15.7. The van der Waals surface area contributed by atoms with Crippen molar-refractivity contribution in [3.05, 3.63) is 97.2 Å². The first-order valence-electron chi connectivity index (χ1n) is 24.0. The molecule has 3 unspecified atom stereocenters. The van der Waals surface area contributed by atoms with E-state index in [-0.39, 0.29) is 24.9 Å². The summed E-state index contributed by atoms with van der Waals surface area (Å²) in [7, 11) is 0. The minimum Gasteiger partial charge on any atom is -0.458 e. The molecule has 1 amide bonds. The zero-order valence-corrected chi connectivity index (χ0v) is 38.1. The fourth-order valence-corrected chi connectivity index (χ4v) is 6.58. The number of aliphatic hydroxyl groups excluding tert-OH is 2. The lowest BCUT2D eigenvalue weighted by molar-refractivity contribution is -0.148. The van der Waals surface area contributed by atoms with Crippen LogP contribution in [0.5, 0.6) is 0 Å². The number of nitrogens with one attached hydrogen (secondary N) is 1. The number of esters is 1. The highest BCUT2D eigenvalue weighted by atomic mass is 16.5. The van der Waals surface area contributed by atoms with Gasteiger partial charge in [-0.15, -0.1) is 0 Å². The van der Waals surface area contributed by atoms with E-state index in [1.54, 1.807) is 6.08 Å². The van der Waals surface area contributed by atoms with Gasteiger partial charge in [-0.25, -0.2) is 0 Å². The second-order valence-corrected chi connectivity index (χ2v) is 15.7. The Morgan fingerprint density at radius 2 is 0.949 bits per heavy atom. The molecule has 0 aromatic carbocycles. The van der Waals surface area contributed by atoms with E-state index in [2.05, 4.69) is 111 Å². The fraction of sp³-hybridized carbons (Fsp3) is 0.660. The highest BCUT2D eigenvalue weighted by Crippen LogP contribution is 2.15. The molecule has 0 bridgehead atoms. The maximum Gasteiger partial charge on any atom is 0.306 e. The summed E-state index contributed by atoms with van der Waals surface area (Å²) in [5.41, 5.74) is 0. The molecule has 336 valence electrons. The van der Waals surface area contributed by atoms with Gasteiger partial charge in [0.25, 0.3) is 0 Å². The summed E-state index contributed by atoms with van der Waals surface area (Å²) in [6.45, 7) is 6.19. The maximum atomic E-state index is 13.1. The second kappa shape index (κ2) is 45.9. The maximum absolute atomic E-state index is 13.1. The molecule has 6 heteroatoms. The van der Waals surface area contributed by atoms with E-state index >= 15 is 0 Å².